The number of aromatic amines is 2. The van der Waals surface area contributed by atoms with E-state index in [0.29, 0.717) is 5.92 Å². The molecule has 5 nitrogen and oxygen atoms in total. The van der Waals surface area contributed by atoms with Crippen LogP contribution < -0.4 is 5.32 Å². The highest BCUT2D eigenvalue weighted by molar-refractivity contribution is 7.15. The van der Waals surface area contributed by atoms with E-state index in [1.807, 2.05) is 23.7 Å². The van der Waals surface area contributed by atoms with E-state index in [1.54, 1.807) is 0 Å². The maximum atomic E-state index is 4.70. The number of nitrogens with zero attached hydrogens (tertiary/aromatic N) is 2. The number of aryl methyl sites for hydroxylation is 1. The Morgan fingerprint density at radius 1 is 0.973 bits per heavy atom. The topological polar surface area (TPSA) is 69.4 Å². The number of allylic oxidation sites excluding steroid dienone is 1. The van der Waals surface area contributed by atoms with Gasteiger partial charge in [0.2, 0.25) is 0 Å². The van der Waals surface area contributed by atoms with Crippen molar-refractivity contribution in [3.63, 3.8) is 0 Å². The molecule has 0 aliphatic heterocycles. The second-order valence-electron chi connectivity index (χ2n) is 9.93. The number of aromatic nitrogens is 4. The molecular formula is C31H27N5S. The fraction of sp³-hybridized carbons (Fsp3) is 0.161. The molecule has 0 amide bonds. The van der Waals surface area contributed by atoms with Crippen molar-refractivity contribution in [3.8, 4) is 33.0 Å². The minimum Gasteiger partial charge on any atom is -0.358 e. The highest BCUT2D eigenvalue weighted by Gasteiger charge is 2.20. The molecule has 6 heteroatoms. The largest absolute Gasteiger partial charge is 0.358 e. The second-order valence-corrected chi connectivity index (χ2v) is 11.2. The zero-order chi connectivity index (χ0) is 24.9. The molecule has 1 saturated carbocycles. The lowest BCUT2D eigenvalue weighted by atomic mass is 9.83. The number of H-pyrrole nitrogens is 2. The first-order chi connectivity index (χ1) is 18.1. The lowest BCUT2D eigenvalue weighted by molar-refractivity contribution is 0.371. The minimum absolute atomic E-state index is 0.578. The smallest absolute Gasteiger partial charge is 0.116 e. The first kappa shape index (κ1) is 22.1. The SMILES string of the molecule is C=C(Nc1cncc(-c2ccc3[nH]nc(-c4cc5c(-c6ccc(C)s6)cccc5[nH]4)c3c2)c1)C1CCC1. The Hall–Kier alpha value is -4.16. The van der Waals surface area contributed by atoms with E-state index in [2.05, 4.69) is 94.5 Å². The van der Waals surface area contributed by atoms with E-state index in [9.17, 15) is 0 Å². The van der Waals surface area contributed by atoms with E-state index in [1.165, 1.54) is 40.0 Å². The van der Waals surface area contributed by atoms with Gasteiger partial charge >= 0.3 is 0 Å². The maximum Gasteiger partial charge on any atom is 0.116 e. The van der Waals surface area contributed by atoms with Crippen LogP contribution in [0.25, 0.3) is 54.8 Å². The third-order valence-corrected chi connectivity index (χ3v) is 8.50. The van der Waals surface area contributed by atoms with Crippen LogP contribution in [-0.4, -0.2) is 20.2 Å². The summed E-state index contributed by atoms with van der Waals surface area (Å²) >= 11 is 1.82. The quantitative estimate of drug-likeness (QED) is 0.214. The van der Waals surface area contributed by atoms with E-state index < -0.39 is 0 Å². The molecule has 1 aliphatic carbocycles. The molecule has 4 heterocycles. The predicted octanol–water partition coefficient (Wildman–Crippen LogP) is 8.54. The van der Waals surface area contributed by atoms with Crippen molar-refractivity contribution < 1.29 is 0 Å². The number of anilines is 1. The lowest BCUT2D eigenvalue weighted by Crippen LogP contribution is -2.18. The van der Waals surface area contributed by atoms with Crippen molar-refractivity contribution >= 4 is 38.8 Å². The molecule has 6 aromatic rings. The molecular weight excluding hydrogens is 474 g/mol. The molecule has 182 valence electrons. The van der Waals surface area contributed by atoms with Crippen LogP contribution >= 0.6 is 11.3 Å². The third-order valence-electron chi connectivity index (χ3n) is 7.46. The molecule has 7 rings (SSSR count). The summed E-state index contributed by atoms with van der Waals surface area (Å²) < 4.78 is 0. The van der Waals surface area contributed by atoms with E-state index in [-0.39, 0.29) is 0 Å². The fourth-order valence-electron chi connectivity index (χ4n) is 5.19. The molecule has 0 saturated heterocycles. The van der Waals surface area contributed by atoms with Crippen molar-refractivity contribution in [1.82, 2.24) is 20.2 Å². The minimum atomic E-state index is 0.578. The van der Waals surface area contributed by atoms with Crippen LogP contribution in [-0.2, 0) is 0 Å². The lowest BCUT2D eigenvalue weighted by Gasteiger charge is -2.28. The van der Waals surface area contributed by atoms with Gasteiger partial charge in [-0.25, -0.2) is 0 Å². The van der Waals surface area contributed by atoms with Crippen molar-refractivity contribution in [3.05, 3.63) is 90.2 Å². The van der Waals surface area contributed by atoms with Gasteiger partial charge < -0.3 is 10.3 Å². The molecule has 0 spiro atoms. The molecule has 2 aromatic carbocycles. The van der Waals surface area contributed by atoms with Gasteiger partial charge in [-0.05, 0) is 73.7 Å². The normalized spacial score (nSPS) is 13.8. The number of rotatable bonds is 6. The highest BCUT2D eigenvalue weighted by atomic mass is 32.1. The summed E-state index contributed by atoms with van der Waals surface area (Å²) in [6, 6.07) is 21.6. The summed E-state index contributed by atoms with van der Waals surface area (Å²) in [6.45, 7) is 6.39. The predicted molar refractivity (Wildman–Crippen MR) is 155 cm³/mol. The van der Waals surface area contributed by atoms with Crippen molar-refractivity contribution in [2.24, 2.45) is 5.92 Å². The van der Waals surface area contributed by atoms with Gasteiger partial charge in [0, 0.05) is 49.1 Å². The highest BCUT2D eigenvalue weighted by Crippen LogP contribution is 2.38. The Balaban J connectivity index is 1.26. The van der Waals surface area contributed by atoms with Gasteiger partial charge in [-0.3, -0.25) is 10.1 Å². The molecule has 37 heavy (non-hydrogen) atoms. The van der Waals surface area contributed by atoms with Gasteiger partial charge in [-0.2, -0.15) is 5.10 Å². The summed E-state index contributed by atoms with van der Waals surface area (Å²) in [6.07, 6.45) is 7.52. The Labute approximate surface area is 219 Å². The number of hydrogen-bond donors (Lipinski definition) is 3. The van der Waals surface area contributed by atoms with Crippen LogP contribution in [0.5, 0.6) is 0 Å². The fourth-order valence-corrected chi connectivity index (χ4v) is 6.09. The van der Waals surface area contributed by atoms with Gasteiger partial charge in [-0.1, -0.05) is 31.2 Å². The molecule has 0 radical (unpaired) electrons. The average Bonchev–Trinajstić information content (AvgIpc) is 3.60. The van der Waals surface area contributed by atoms with Gasteiger partial charge in [-0.15, -0.1) is 11.3 Å². The maximum absolute atomic E-state index is 4.70. The number of benzene rings is 2. The molecule has 0 bridgehead atoms. The average molecular weight is 502 g/mol. The Morgan fingerprint density at radius 3 is 2.70 bits per heavy atom. The molecule has 0 atom stereocenters. The van der Waals surface area contributed by atoms with Crippen LogP contribution in [0.15, 0.2) is 85.3 Å². The van der Waals surface area contributed by atoms with Gasteiger partial charge in [0.15, 0.2) is 0 Å². The summed E-state index contributed by atoms with van der Waals surface area (Å²) in [7, 11) is 0. The summed E-state index contributed by atoms with van der Waals surface area (Å²) in [4.78, 5) is 10.7. The first-order valence-electron chi connectivity index (χ1n) is 12.7. The number of thiophene rings is 1. The van der Waals surface area contributed by atoms with Crippen LogP contribution in [0.4, 0.5) is 5.69 Å². The van der Waals surface area contributed by atoms with Crippen molar-refractivity contribution in [2.75, 3.05) is 5.32 Å². The summed E-state index contributed by atoms with van der Waals surface area (Å²) in [5.41, 5.74) is 9.53. The molecule has 0 unspecified atom stereocenters. The number of hydrogen-bond acceptors (Lipinski definition) is 4. The molecule has 1 aliphatic rings. The van der Waals surface area contributed by atoms with Crippen LogP contribution in [0.2, 0.25) is 0 Å². The van der Waals surface area contributed by atoms with E-state index in [0.717, 1.165) is 50.3 Å². The van der Waals surface area contributed by atoms with Crippen LogP contribution in [0, 0.1) is 12.8 Å². The number of pyridine rings is 1. The standard InChI is InChI=1S/C31H27N5S/c1-18-9-12-30(37-18)24-7-4-8-27-25(24)15-29(34-27)31-26-14-21(10-11-28(26)35-36-31)22-13-23(17-32-16-22)33-19(2)20-5-3-6-20/h4,7-17,20,33-34H,2-3,5-6H2,1H3,(H,35,36). The molecule has 1 fully saturated rings. The Bertz CT molecular complexity index is 1780. The number of fused-ring (bicyclic) bond motifs is 2. The molecule has 3 N–H and O–H groups in total. The van der Waals surface area contributed by atoms with Crippen molar-refractivity contribution in [2.45, 2.75) is 26.2 Å². The zero-order valence-electron chi connectivity index (χ0n) is 20.6. The zero-order valence-corrected chi connectivity index (χ0v) is 21.5. The van der Waals surface area contributed by atoms with Gasteiger partial charge in [0.05, 0.1) is 23.1 Å². The number of nitrogens with one attached hydrogen (secondary N) is 3. The van der Waals surface area contributed by atoms with Gasteiger partial charge in [0.1, 0.15) is 5.69 Å². The van der Waals surface area contributed by atoms with Crippen LogP contribution in [0.3, 0.4) is 0 Å². The monoisotopic (exact) mass is 501 g/mol. The first-order valence-corrected chi connectivity index (χ1v) is 13.5. The second kappa shape index (κ2) is 8.75. The summed E-state index contributed by atoms with van der Waals surface area (Å²) in [5.74, 6) is 0.578. The Morgan fingerprint density at radius 2 is 1.89 bits per heavy atom. The van der Waals surface area contributed by atoms with Crippen molar-refractivity contribution in [1.29, 1.82) is 0 Å². The van der Waals surface area contributed by atoms with Gasteiger partial charge in [0.25, 0.3) is 0 Å². The Kier molecular flexibility index (Phi) is 5.22. The third kappa shape index (κ3) is 3.94. The summed E-state index contributed by atoms with van der Waals surface area (Å²) in [5, 5.41) is 13.7. The van der Waals surface area contributed by atoms with E-state index in [4.69, 9.17) is 5.10 Å². The van der Waals surface area contributed by atoms with E-state index >= 15 is 0 Å². The molecule has 4 aromatic heterocycles. The van der Waals surface area contributed by atoms with Crippen LogP contribution in [0.1, 0.15) is 24.1 Å².